The first-order valence-electron chi connectivity index (χ1n) is 6.81. The first-order valence-corrected chi connectivity index (χ1v) is 7.94. The van der Waals surface area contributed by atoms with Crippen molar-refractivity contribution in [2.24, 2.45) is 7.05 Å². The summed E-state index contributed by atoms with van der Waals surface area (Å²) in [5.41, 5.74) is 1.41. The van der Waals surface area contributed by atoms with Crippen LogP contribution in [0.25, 0.3) is 5.69 Å². The van der Waals surface area contributed by atoms with E-state index in [1.165, 1.54) is 4.68 Å². The number of ether oxygens (including phenoxy) is 1. The van der Waals surface area contributed by atoms with Crippen LogP contribution in [0.3, 0.4) is 0 Å². The molecule has 7 nitrogen and oxygen atoms in total. The van der Waals surface area contributed by atoms with E-state index in [0.717, 1.165) is 5.69 Å². The van der Waals surface area contributed by atoms with Crippen molar-refractivity contribution in [1.29, 1.82) is 0 Å². The van der Waals surface area contributed by atoms with Gasteiger partial charge in [0.1, 0.15) is 18.1 Å². The van der Waals surface area contributed by atoms with E-state index in [4.69, 9.17) is 39.5 Å². The number of alkyl halides is 3. The molecule has 0 fully saturated rings. The molecule has 0 aliphatic heterocycles. The molecule has 10 heteroatoms. The number of rotatable bonds is 3. The highest BCUT2D eigenvalue weighted by Gasteiger charge is 2.22. The number of nitrogens with one attached hydrogen (secondary N) is 1. The summed E-state index contributed by atoms with van der Waals surface area (Å²) in [6.07, 6.45) is 2.63. The van der Waals surface area contributed by atoms with Gasteiger partial charge in [0.2, 0.25) is 3.79 Å². The molecule has 1 N–H and O–H groups in total. The van der Waals surface area contributed by atoms with Crippen LogP contribution in [0.15, 0.2) is 18.5 Å². The van der Waals surface area contributed by atoms with Crippen molar-refractivity contribution in [2.75, 3.05) is 11.9 Å². The number of carbonyl (C=O) groups is 1. The SMILES string of the molecule is CC.Cc1cc(NC(=O)OCC(Cl)(Cl)Cl)n(-c2cnn(C)c2)n1. The fraction of sp³-hybridized carbons (Fsp3) is 0.462. The second-order valence-electron chi connectivity index (χ2n) is 4.27. The Morgan fingerprint density at radius 2 is 2.04 bits per heavy atom. The van der Waals surface area contributed by atoms with Crippen molar-refractivity contribution >= 4 is 46.7 Å². The van der Waals surface area contributed by atoms with E-state index >= 15 is 0 Å². The summed E-state index contributed by atoms with van der Waals surface area (Å²) in [7, 11) is 1.78. The minimum absolute atomic E-state index is 0.358. The van der Waals surface area contributed by atoms with E-state index in [-0.39, 0.29) is 6.61 Å². The molecule has 23 heavy (non-hydrogen) atoms. The lowest BCUT2D eigenvalue weighted by Gasteiger charge is -2.12. The summed E-state index contributed by atoms with van der Waals surface area (Å²) >= 11 is 16.5. The first kappa shape index (κ1) is 19.6. The Morgan fingerprint density at radius 1 is 1.39 bits per heavy atom. The molecule has 0 aliphatic carbocycles. The molecule has 0 bridgehead atoms. The molecule has 0 aliphatic rings. The molecule has 0 atom stereocenters. The highest BCUT2D eigenvalue weighted by Crippen LogP contribution is 2.26. The predicted octanol–water partition coefficient (Wildman–Crippen LogP) is 3.86. The lowest BCUT2D eigenvalue weighted by Crippen LogP contribution is -2.22. The van der Waals surface area contributed by atoms with Gasteiger partial charge >= 0.3 is 6.09 Å². The Bertz CT molecular complexity index is 648. The van der Waals surface area contributed by atoms with E-state index in [1.807, 2.05) is 13.8 Å². The average molecular weight is 383 g/mol. The topological polar surface area (TPSA) is 74.0 Å². The maximum Gasteiger partial charge on any atom is 0.412 e. The zero-order valence-corrected chi connectivity index (χ0v) is 15.4. The van der Waals surface area contributed by atoms with Gasteiger partial charge in [0.15, 0.2) is 0 Å². The quantitative estimate of drug-likeness (QED) is 0.818. The zero-order valence-electron chi connectivity index (χ0n) is 13.2. The normalized spacial score (nSPS) is 10.7. The number of halogens is 3. The molecular formula is C13H18Cl3N5O2. The Labute approximate surface area is 149 Å². The van der Waals surface area contributed by atoms with Gasteiger partial charge in [-0.25, -0.2) is 9.48 Å². The summed E-state index contributed by atoms with van der Waals surface area (Å²) in [6.45, 7) is 5.44. The molecule has 0 aromatic carbocycles. The molecule has 0 spiro atoms. The molecule has 0 saturated carbocycles. The van der Waals surface area contributed by atoms with E-state index in [1.54, 1.807) is 37.1 Å². The van der Waals surface area contributed by atoms with Crippen molar-refractivity contribution in [2.45, 2.75) is 24.6 Å². The second kappa shape index (κ2) is 8.42. The van der Waals surface area contributed by atoms with Gasteiger partial charge in [0.25, 0.3) is 0 Å². The number of hydrogen-bond donors (Lipinski definition) is 1. The van der Waals surface area contributed by atoms with E-state index in [9.17, 15) is 4.79 Å². The van der Waals surface area contributed by atoms with E-state index < -0.39 is 9.89 Å². The number of aromatic nitrogens is 4. The fourth-order valence-electron chi connectivity index (χ4n) is 1.59. The van der Waals surface area contributed by atoms with Crippen LogP contribution in [0.5, 0.6) is 0 Å². The summed E-state index contributed by atoms with van der Waals surface area (Å²) in [4.78, 5) is 11.7. The van der Waals surface area contributed by atoms with E-state index in [2.05, 4.69) is 15.5 Å². The standard InChI is InChI=1S/C11H12Cl3N5O2.C2H6/c1-7-3-9(16-10(20)21-6-11(12,13)14)19(17-7)8-4-15-18(2)5-8;1-2/h3-5H,6H2,1-2H3,(H,16,20);1-2H3. The molecule has 2 aromatic rings. The van der Waals surface area contributed by atoms with Crippen LogP contribution in [0.1, 0.15) is 19.5 Å². The van der Waals surface area contributed by atoms with Crippen LogP contribution in [0.4, 0.5) is 10.6 Å². The van der Waals surface area contributed by atoms with Crippen LogP contribution in [0.2, 0.25) is 0 Å². The monoisotopic (exact) mass is 381 g/mol. The van der Waals surface area contributed by atoms with Crippen molar-refractivity contribution in [3.05, 3.63) is 24.2 Å². The molecule has 2 rings (SSSR count). The van der Waals surface area contributed by atoms with Gasteiger partial charge < -0.3 is 4.74 Å². The maximum absolute atomic E-state index is 11.7. The molecular weight excluding hydrogens is 365 g/mol. The summed E-state index contributed by atoms with van der Waals surface area (Å²) in [5, 5.41) is 10.9. The largest absolute Gasteiger partial charge is 0.445 e. The van der Waals surface area contributed by atoms with Crippen molar-refractivity contribution in [3.8, 4) is 5.69 Å². The van der Waals surface area contributed by atoms with Crippen LogP contribution in [0, 0.1) is 6.92 Å². The molecule has 0 radical (unpaired) electrons. The smallest absolute Gasteiger partial charge is 0.412 e. The van der Waals surface area contributed by atoms with Gasteiger partial charge in [0.05, 0.1) is 18.1 Å². The molecule has 0 saturated heterocycles. The van der Waals surface area contributed by atoms with Crippen molar-refractivity contribution in [1.82, 2.24) is 19.6 Å². The highest BCUT2D eigenvalue weighted by molar-refractivity contribution is 6.67. The minimum Gasteiger partial charge on any atom is -0.445 e. The summed E-state index contributed by atoms with van der Waals surface area (Å²) in [6, 6.07) is 1.68. The van der Waals surface area contributed by atoms with Crippen LogP contribution in [-0.2, 0) is 11.8 Å². The van der Waals surface area contributed by atoms with Gasteiger partial charge in [-0.2, -0.15) is 10.2 Å². The van der Waals surface area contributed by atoms with E-state index in [0.29, 0.717) is 11.5 Å². The lowest BCUT2D eigenvalue weighted by molar-refractivity contribution is 0.163. The Hall–Kier alpha value is -1.44. The Morgan fingerprint density at radius 3 is 2.57 bits per heavy atom. The van der Waals surface area contributed by atoms with Crippen molar-refractivity contribution in [3.63, 3.8) is 0 Å². The highest BCUT2D eigenvalue weighted by atomic mass is 35.6. The molecule has 2 heterocycles. The molecule has 128 valence electrons. The summed E-state index contributed by atoms with van der Waals surface area (Å²) < 4.78 is 6.30. The zero-order chi connectivity index (χ0) is 17.6. The van der Waals surface area contributed by atoms with Gasteiger partial charge in [0, 0.05) is 13.1 Å². The number of aryl methyl sites for hydroxylation is 2. The lowest BCUT2D eigenvalue weighted by atomic mass is 10.4. The van der Waals surface area contributed by atoms with Crippen LogP contribution < -0.4 is 5.32 Å². The van der Waals surface area contributed by atoms with Crippen LogP contribution >= 0.6 is 34.8 Å². The first-order chi connectivity index (χ1) is 10.7. The number of anilines is 1. The molecule has 2 aromatic heterocycles. The summed E-state index contributed by atoms with van der Waals surface area (Å²) in [5.74, 6) is 0.426. The molecule has 0 unspecified atom stereocenters. The van der Waals surface area contributed by atoms with Gasteiger partial charge in [-0.3, -0.25) is 10.00 Å². The number of amides is 1. The van der Waals surface area contributed by atoms with Crippen molar-refractivity contribution < 1.29 is 9.53 Å². The number of hydrogen-bond acceptors (Lipinski definition) is 4. The van der Waals surface area contributed by atoms with Gasteiger partial charge in [-0.15, -0.1) is 0 Å². The average Bonchev–Trinajstić information content (AvgIpc) is 3.04. The van der Waals surface area contributed by atoms with Gasteiger partial charge in [-0.05, 0) is 6.92 Å². The number of carbonyl (C=O) groups excluding carboxylic acids is 1. The molecule has 1 amide bonds. The van der Waals surface area contributed by atoms with Crippen LogP contribution in [-0.4, -0.2) is 36.1 Å². The Kier molecular flexibility index (Phi) is 7.18. The second-order valence-corrected chi connectivity index (χ2v) is 6.79. The third kappa shape index (κ3) is 6.29. The fourth-order valence-corrected chi connectivity index (χ4v) is 1.75. The minimum atomic E-state index is -1.66. The third-order valence-corrected chi connectivity index (χ3v) is 2.69. The Balaban J connectivity index is 0.00000127. The third-order valence-electron chi connectivity index (χ3n) is 2.36. The van der Waals surface area contributed by atoms with Gasteiger partial charge in [-0.1, -0.05) is 48.7 Å². The predicted molar refractivity (Wildman–Crippen MR) is 91.7 cm³/mol. The maximum atomic E-state index is 11.7. The number of nitrogens with zero attached hydrogens (tertiary/aromatic N) is 4.